The molecule has 0 spiro atoms. The number of carbonyl (C=O) groups excluding carboxylic acids is 1. The van der Waals surface area contributed by atoms with Crippen molar-refractivity contribution in [2.24, 2.45) is 4.99 Å². The first-order valence-electron chi connectivity index (χ1n) is 11.2. The molecule has 1 aromatic carbocycles. The molecule has 0 unspecified atom stereocenters. The lowest BCUT2D eigenvalue weighted by Crippen LogP contribution is -2.30. The fourth-order valence-electron chi connectivity index (χ4n) is 3.87. The van der Waals surface area contributed by atoms with Crippen LogP contribution in [-0.4, -0.2) is 40.2 Å². The van der Waals surface area contributed by atoms with Gasteiger partial charge in [0.2, 0.25) is 0 Å². The van der Waals surface area contributed by atoms with E-state index in [2.05, 4.69) is 11.1 Å². The van der Waals surface area contributed by atoms with E-state index in [1.54, 1.807) is 48.2 Å². The van der Waals surface area contributed by atoms with Gasteiger partial charge in [0.1, 0.15) is 23.1 Å². The number of ether oxygens (including phenoxy) is 2. The summed E-state index contributed by atoms with van der Waals surface area (Å²) in [5.74, 6) is 0.0960. The van der Waals surface area contributed by atoms with Gasteiger partial charge in [0.15, 0.2) is 5.49 Å². The second-order valence-electron chi connectivity index (χ2n) is 7.88. The number of amides is 1. The first-order chi connectivity index (χ1) is 17.0. The van der Waals surface area contributed by atoms with Crippen LogP contribution >= 0.6 is 0 Å². The molecular formula is C26H25N5O4. The standard InChI is InChI=1S/C26H25N5O4/c1-4-35-14-6-13-30-23(29-25(32)18-8-10-20(34-3)11-9-18)19(16-27)15-21-24(30)28-22-17(2)7-5-12-31(22)26(21)33/h5,7-12,15H,4,6,13-14H2,1-3H3. The van der Waals surface area contributed by atoms with Crippen LogP contribution in [0.5, 0.6) is 5.75 Å². The summed E-state index contributed by atoms with van der Waals surface area (Å²) in [6.45, 7) is 5.18. The number of nitriles is 1. The Hall–Kier alpha value is -4.29. The number of hydrogen-bond acceptors (Lipinski definition) is 6. The molecule has 0 aliphatic heterocycles. The Morgan fingerprint density at radius 1 is 1.20 bits per heavy atom. The average Bonchev–Trinajstić information content (AvgIpc) is 2.88. The van der Waals surface area contributed by atoms with Gasteiger partial charge in [-0.2, -0.15) is 10.3 Å². The third-order valence-corrected chi connectivity index (χ3v) is 5.64. The fraction of sp³-hybridized carbons (Fsp3) is 0.269. The van der Waals surface area contributed by atoms with E-state index in [0.717, 1.165) is 5.56 Å². The zero-order chi connectivity index (χ0) is 24.9. The van der Waals surface area contributed by atoms with Gasteiger partial charge in [-0.1, -0.05) is 6.07 Å². The highest BCUT2D eigenvalue weighted by atomic mass is 16.5. The number of pyridine rings is 2. The Kier molecular flexibility index (Phi) is 7.03. The van der Waals surface area contributed by atoms with E-state index in [0.29, 0.717) is 48.8 Å². The Morgan fingerprint density at radius 2 is 1.97 bits per heavy atom. The van der Waals surface area contributed by atoms with E-state index >= 15 is 0 Å². The maximum absolute atomic E-state index is 13.3. The van der Waals surface area contributed by atoms with Gasteiger partial charge in [0.25, 0.3) is 11.5 Å². The van der Waals surface area contributed by atoms with Crippen LogP contribution in [0.4, 0.5) is 0 Å². The number of rotatable bonds is 7. The highest BCUT2D eigenvalue weighted by molar-refractivity contribution is 5.95. The lowest BCUT2D eigenvalue weighted by atomic mass is 10.2. The molecule has 0 saturated heterocycles. The molecule has 0 N–H and O–H groups in total. The lowest BCUT2D eigenvalue weighted by Gasteiger charge is -2.14. The molecule has 0 aliphatic rings. The molecule has 0 atom stereocenters. The summed E-state index contributed by atoms with van der Waals surface area (Å²) in [6.07, 6.45) is 2.23. The first kappa shape index (κ1) is 23.9. The van der Waals surface area contributed by atoms with Gasteiger partial charge in [0, 0.05) is 31.5 Å². The van der Waals surface area contributed by atoms with Crippen molar-refractivity contribution in [3.63, 3.8) is 0 Å². The van der Waals surface area contributed by atoms with Crippen molar-refractivity contribution in [2.75, 3.05) is 20.3 Å². The van der Waals surface area contributed by atoms with E-state index in [9.17, 15) is 14.9 Å². The number of aromatic nitrogens is 3. The number of hydrogen-bond donors (Lipinski definition) is 0. The number of nitrogens with zero attached hydrogens (tertiary/aromatic N) is 5. The normalized spacial score (nSPS) is 11.7. The summed E-state index contributed by atoms with van der Waals surface area (Å²) in [7, 11) is 1.54. The zero-order valence-corrected chi connectivity index (χ0v) is 19.8. The minimum absolute atomic E-state index is 0.113. The van der Waals surface area contributed by atoms with Crippen molar-refractivity contribution in [1.29, 1.82) is 5.26 Å². The smallest absolute Gasteiger partial charge is 0.278 e. The maximum atomic E-state index is 13.3. The van der Waals surface area contributed by atoms with Crippen LogP contribution in [-0.2, 0) is 11.3 Å². The summed E-state index contributed by atoms with van der Waals surface area (Å²) >= 11 is 0. The molecule has 0 radical (unpaired) electrons. The highest BCUT2D eigenvalue weighted by Gasteiger charge is 2.16. The molecule has 0 saturated carbocycles. The van der Waals surface area contributed by atoms with Crippen molar-refractivity contribution in [2.45, 2.75) is 26.8 Å². The maximum Gasteiger partial charge on any atom is 0.278 e. The molecule has 4 aromatic rings. The van der Waals surface area contributed by atoms with Gasteiger partial charge in [-0.15, -0.1) is 0 Å². The van der Waals surface area contributed by atoms with Gasteiger partial charge in [0.05, 0.1) is 18.1 Å². The Bertz CT molecular complexity index is 1580. The topological polar surface area (TPSA) is 111 Å². The van der Waals surface area contributed by atoms with Crippen LogP contribution in [0.25, 0.3) is 16.7 Å². The third kappa shape index (κ3) is 4.69. The largest absolute Gasteiger partial charge is 0.497 e. The molecule has 0 fully saturated rings. The van der Waals surface area contributed by atoms with Crippen LogP contribution in [0, 0.1) is 18.3 Å². The first-order valence-corrected chi connectivity index (χ1v) is 11.2. The van der Waals surface area contributed by atoms with Gasteiger partial charge < -0.3 is 14.0 Å². The number of benzene rings is 1. The number of aryl methyl sites for hydroxylation is 2. The summed E-state index contributed by atoms with van der Waals surface area (Å²) in [5.41, 5.74) is 2.01. The number of methoxy groups -OCH3 is 1. The van der Waals surface area contributed by atoms with E-state index in [1.807, 2.05) is 19.9 Å². The third-order valence-electron chi connectivity index (χ3n) is 5.64. The molecule has 35 heavy (non-hydrogen) atoms. The molecule has 0 aliphatic carbocycles. The van der Waals surface area contributed by atoms with Crippen LogP contribution in [0.1, 0.15) is 34.8 Å². The average molecular weight is 472 g/mol. The van der Waals surface area contributed by atoms with Crippen molar-refractivity contribution in [3.05, 3.63) is 81.2 Å². The Morgan fingerprint density at radius 3 is 2.66 bits per heavy atom. The van der Waals surface area contributed by atoms with Crippen molar-refractivity contribution in [1.82, 2.24) is 14.0 Å². The van der Waals surface area contributed by atoms with Crippen LogP contribution in [0.15, 0.2) is 58.4 Å². The van der Waals surface area contributed by atoms with E-state index < -0.39 is 5.91 Å². The van der Waals surface area contributed by atoms with E-state index in [4.69, 9.17) is 14.5 Å². The van der Waals surface area contributed by atoms with Crippen LogP contribution in [0.2, 0.25) is 0 Å². The lowest BCUT2D eigenvalue weighted by molar-refractivity contribution is 0.0997. The Balaban J connectivity index is 2.00. The summed E-state index contributed by atoms with van der Waals surface area (Å²) < 4.78 is 13.8. The fourth-order valence-corrected chi connectivity index (χ4v) is 3.87. The van der Waals surface area contributed by atoms with Crippen molar-refractivity contribution in [3.8, 4) is 11.8 Å². The minimum atomic E-state index is -0.518. The second-order valence-corrected chi connectivity index (χ2v) is 7.88. The van der Waals surface area contributed by atoms with Crippen molar-refractivity contribution >= 4 is 22.6 Å². The molecule has 178 valence electrons. The predicted molar refractivity (Wildman–Crippen MR) is 130 cm³/mol. The second kappa shape index (κ2) is 10.3. The summed E-state index contributed by atoms with van der Waals surface area (Å²) in [5, 5.41) is 10.2. The highest BCUT2D eigenvalue weighted by Crippen LogP contribution is 2.15. The molecule has 4 rings (SSSR count). The quantitative estimate of drug-likeness (QED) is 0.303. The van der Waals surface area contributed by atoms with E-state index in [-0.39, 0.29) is 22.0 Å². The van der Waals surface area contributed by atoms with Crippen LogP contribution < -0.4 is 15.8 Å². The van der Waals surface area contributed by atoms with Gasteiger partial charge >= 0.3 is 0 Å². The van der Waals surface area contributed by atoms with Gasteiger partial charge in [-0.05, 0) is 62.2 Å². The molecule has 9 nitrogen and oxygen atoms in total. The number of fused-ring (bicyclic) bond motifs is 2. The monoisotopic (exact) mass is 471 g/mol. The van der Waals surface area contributed by atoms with Gasteiger partial charge in [-0.3, -0.25) is 14.0 Å². The van der Waals surface area contributed by atoms with Crippen molar-refractivity contribution < 1.29 is 14.3 Å². The SMILES string of the molecule is CCOCCCn1c(=NC(=O)c2ccc(OC)cc2)c(C#N)cc2c(=O)n3cccc(C)c3nc21. The molecule has 9 heteroatoms. The molecule has 1 amide bonds. The summed E-state index contributed by atoms with van der Waals surface area (Å²) in [4.78, 5) is 35.4. The summed E-state index contributed by atoms with van der Waals surface area (Å²) in [6, 6.07) is 13.8. The van der Waals surface area contributed by atoms with Crippen LogP contribution in [0.3, 0.4) is 0 Å². The van der Waals surface area contributed by atoms with E-state index in [1.165, 1.54) is 10.5 Å². The Labute approximate surface area is 201 Å². The minimum Gasteiger partial charge on any atom is -0.497 e. The molecular weight excluding hydrogens is 446 g/mol. The molecule has 3 heterocycles. The number of carbonyl (C=O) groups is 1. The predicted octanol–water partition coefficient (Wildman–Crippen LogP) is 3.01. The molecule has 3 aromatic heterocycles. The molecule has 0 bridgehead atoms. The zero-order valence-electron chi connectivity index (χ0n) is 19.8. The van der Waals surface area contributed by atoms with Gasteiger partial charge in [-0.25, -0.2) is 4.98 Å².